The molecule has 0 saturated carbocycles. The Balaban J connectivity index is 2.20. The summed E-state index contributed by atoms with van der Waals surface area (Å²) in [6.07, 6.45) is 0. The number of hydrogen-bond acceptors (Lipinski definition) is 4. The summed E-state index contributed by atoms with van der Waals surface area (Å²) in [6, 6.07) is 8.85. The molecule has 2 rings (SSSR count). The zero-order chi connectivity index (χ0) is 20.9. The molecule has 0 atom stereocenters. The van der Waals surface area contributed by atoms with Crippen LogP contribution in [-0.2, 0) is 14.8 Å². The molecule has 0 aliphatic heterocycles. The van der Waals surface area contributed by atoms with E-state index in [-0.39, 0.29) is 15.7 Å². The molecule has 0 spiro atoms. The van der Waals surface area contributed by atoms with E-state index in [1.807, 2.05) is 0 Å². The third-order valence-electron chi connectivity index (χ3n) is 3.79. The maximum Gasteiger partial charge on any atom is 0.262 e. The summed E-state index contributed by atoms with van der Waals surface area (Å²) in [5, 5.41) is 3.54. The Labute approximate surface area is 179 Å². The predicted molar refractivity (Wildman–Crippen MR) is 112 cm³/mol. The van der Waals surface area contributed by atoms with Gasteiger partial charge in [0.1, 0.15) is 10.6 Å². The van der Waals surface area contributed by atoms with Gasteiger partial charge in [0.15, 0.2) is 6.61 Å². The van der Waals surface area contributed by atoms with Crippen LogP contribution in [0.15, 0.2) is 41.3 Å². The Bertz CT molecular complexity index is 963. The van der Waals surface area contributed by atoms with Gasteiger partial charge in [-0.1, -0.05) is 48.7 Å². The molecule has 0 bridgehead atoms. The van der Waals surface area contributed by atoms with E-state index in [0.29, 0.717) is 28.8 Å². The van der Waals surface area contributed by atoms with Gasteiger partial charge in [-0.05, 0) is 36.4 Å². The van der Waals surface area contributed by atoms with Crippen LogP contribution in [0.25, 0.3) is 0 Å². The first-order valence-electron chi connectivity index (χ1n) is 8.36. The van der Waals surface area contributed by atoms with Gasteiger partial charge in [-0.25, -0.2) is 8.42 Å². The minimum absolute atomic E-state index is 0.0311. The van der Waals surface area contributed by atoms with Gasteiger partial charge < -0.3 is 10.1 Å². The zero-order valence-electron chi connectivity index (χ0n) is 15.2. The van der Waals surface area contributed by atoms with Crippen molar-refractivity contribution >= 4 is 56.4 Å². The fourth-order valence-corrected chi connectivity index (χ4v) is 4.62. The molecule has 1 amide bonds. The van der Waals surface area contributed by atoms with Crippen LogP contribution in [0.4, 0.5) is 5.69 Å². The van der Waals surface area contributed by atoms with Crippen LogP contribution in [0.1, 0.15) is 13.8 Å². The monoisotopic (exact) mass is 464 g/mol. The molecule has 6 nitrogen and oxygen atoms in total. The number of sulfonamides is 1. The molecule has 0 aliphatic rings. The van der Waals surface area contributed by atoms with Gasteiger partial charge in [-0.2, -0.15) is 4.31 Å². The molecule has 0 radical (unpaired) electrons. The summed E-state index contributed by atoms with van der Waals surface area (Å²) in [5.74, 6) is -0.492. The Kier molecular flexibility index (Phi) is 7.97. The maximum atomic E-state index is 12.8. The highest BCUT2D eigenvalue weighted by molar-refractivity contribution is 7.89. The smallest absolute Gasteiger partial charge is 0.262 e. The highest BCUT2D eigenvalue weighted by atomic mass is 35.5. The fraction of sp³-hybridized carbons (Fsp3) is 0.278. The quantitative estimate of drug-likeness (QED) is 0.613. The lowest BCUT2D eigenvalue weighted by Gasteiger charge is -2.20. The van der Waals surface area contributed by atoms with Gasteiger partial charge in [0, 0.05) is 23.1 Å². The van der Waals surface area contributed by atoms with Crippen LogP contribution in [0.5, 0.6) is 5.75 Å². The third kappa shape index (κ3) is 5.52. The number of nitrogens with one attached hydrogen (secondary N) is 1. The Morgan fingerprint density at radius 1 is 1.04 bits per heavy atom. The molecule has 0 fully saturated rings. The van der Waals surface area contributed by atoms with Crippen LogP contribution in [0.3, 0.4) is 0 Å². The molecule has 10 heteroatoms. The van der Waals surface area contributed by atoms with E-state index in [9.17, 15) is 13.2 Å². The maximum absolute atomic E-state index is 12.8. The normalized spacial score (nSPS) is 11.5. The third-order valence-corrected chi connectivity index (χ3v) is 6.66. The van der Waals surface area contributed by atoms with Gasteiger partial charge in [0.2, 0.25) is 10.0 Å². The lowest BCUT2D eigenvalue weighted by atomic mass is 10.3. The van der Waals surface area contributed by atoms with E-state index in [4.69, 9.17) is 39.5 Å². The predicted octanol–water partition coefficient (Wildman–Crippen LogP) is 4.69. The summed E-state index contributed by atoms with van der Waals surface area (Å²) < 4.78 is 32.4. The van der Waals surface area contributed by atoms with E-state index >= 15 is 0 Å². The van der Waals surface area contributed by atoms with Gasteiger partial charge in [-0.3, -0.25) is 4.79 Å². The van der Waals surface area contributed by atoms with Crippen molar-refractivity contribution in [2.24, 2.45) is 0 Å². The van der Waals surface area contributed by atoms with Crippen molar-refractivity contribution in [2.75, 3.05) is 25.0 Å². The summed E-state index contributed by atoms with van der Waals surface area (Å²) in [4.78, 5) is 12.1. The van der Waals surface area contributed by atoms with Crippen molar-refractivity contribution in [1.82, 2.24) is 4.31 Å². The second kappa shape index (κ2) is 9.80. The first-order valence-corrected chi connectivity index (χ1v) is 10.9. The molecule has 152 valence electrons. The highest BCUT2D eigenvalue weighted by Gasteiger charge is 2.26. The lowest BCUT2D eigenvalue weighted by molar-refractivity contribution is -0.118. The molecule has 0 heterocycles. The van der Waals surface area contributed by atoms with E-state index in [2.05, 4.69) is 5.32 Å². The first-order chi connectivity index (χ1) is 13.2. The van der Waals surface area contributed by atoms with Crippen LogP contribution in [0, 0.1) is 0 Å². The number of carbonyl (C=O) groups is 1. The number of benzene rings is 2. The minimum Gasteiger partial charge on any atom is -0.482 e. The van der Waals surface area contributed by atoms with Gasteiger partial charge in [0.25, 0.3) is 5.91 Å². The Morgan fingerprint density at radius 3 is 2.29 bits per heavy atom. The zero-order valence-corrected chi connectivity index (χ0v) is 18.3. The van der Waals surface area contributed by atoms with E-state index < -0.39 is 22.5 Å². The molecule has 2 aromatic rings. The minimum atomic E-state index is -3.82. The van der Waals surface area contributed by atoms with E-state index in [1.165, 1.54) is 28.6 Å². The van der Waals surface area contributed by atoms with Crippen LogP contribution >= 0.6 is 34.8 Å². The van der Waals surface area contributed by atoms with Crippen LogP contribution in [-0.4, -0.2) is 38.3 Å². The molecule has 0 unspecified atom stereocenters. The molecule has 0 aliphatic carbocycles. The number of anilines is 1. The molecule has 28 heavy (non-hydrogen) atoms. The van der Waals surface area contributed by atoms with Crippen molar-refractivity contribution in [1.29, 1.82) is 0 Å². The van der Waals surface area contributed by atoms with Crippen molar-refractivity contribution in [3.05, 3.63) is 51.5 Å². The fourth-order valence-electron chi connectivity index (χ4n) is 2.43. The number of hydrogen-bond donors (Lipinski definition) is 1. The molecule has 0 saturated heterocycles. The number of halogens is 3. The standard InChI is InChI=1S/C18H19Cl3N2O4S/c1-3-23(4-2)28(25,26)17-10-13(20)6-8-16(17)27-11-18(24)22-15-9-12(19)5-7-14(15)21/h5-10H,3-4,11H2,1-2H3,(H,22,24). The van der Waals surface area contributed by atoms with Crippen molar-refractivity contribution < 1.29 is 17.9 Å². The second-order valence-electron chi connectivity index (χ2n) is 5.64. The second-order valence-corrected chi connectivity index (χ2v) is 8.83. The first kappa shape index (κ1) is 22.8. The largest absolute Gasteiger partial charge is 0.482 e. The van der Waals surface area contributed by atoms with Gasteiger partial charge in [-0.15, -0.1) is 0 Å². The number of rotatable bonds is 8. The Morgan fingerprint density at radius 2 is 1.64 bits per heavy atom. The summed E-state index contributed by atoms with van der Waals surface area (Å²) in [7, 11) is -3.82. The van der Waals surface area contributed by atoms with Crippen molar-refractivity contribution in [3.63, 3.8) is 0 Å². The Hall–Kier alpha value is -1.51. The van der Waals surface area contributed by atoms with Crippen molar-refractivity contribution in [2.45, 2.75) is 18.7 Å². The van der Waals surface area contributed by atoms with Crippen molar-refractivity contribution in [3.8, 4) is 5.75 Å². The number of carbonyl (C=O) groups excluding carboxylic acids is 1. The topological polar surface area (TPSA) is 75.7 Å². The summed E-state index contributed by atoms with van der Waals surface area (Å²) >= 11 is 17.9. The average Bonchev–Trinajstić information content (AvgIpc) is 2.64. The SMILES string of the molecule is CCN(CC)S(=O)(=O)c1cc(Cl)ccc1OCC(=O)Nc1cc(Cl)ccc1Cl. The molecule has 0 aromatic heterocycles. The number of amides is 1. The summed E-state index contributed by atoms with van der Waals surface area (Å²) in [6.45, 7) is 3.62. The van der Waals surface area contributed by atoms with E-state index in [0.717, 1.165) is 0 Å². The highest BCUT2D eigenvalue weighted by Crippen LogP contribution is 2.30. The number of ether oxygens (including phenoxy) is 1. The average molecular weight is 466 g/mol. The molecule has 1 N–H and O–H groups in total. The van der Waals surface area contributed by atoms with Gasteiger partial charge in [0.05, 0.1) is 10.7 Å². The molecular formula is C18H19Cl3N2O4S. The number of nitrogens with zero attached hydrogens (tertiary/aromatic N) is 1. The molecule has 2 aromatic carbocycles. The van der Waals surface area contributed by atoms with E-state index in [1.54, 1.807) is 26.0 Å². The van der Waals surface area contributed by atoms with Gasteiger partial charge >= 0.3 is 0 Å². The van der Waals surface area contributed by atoms with Crippen LogP contribution in [0.2, 0.25) is 15.1 Å². The molecular weight excluding hydrogens is 447 g/mol. The summed E-state index contributed by atoms with van der Waals surface area (Å²) in [5.41, 5.74) is 0.329. The lowest BCUT2D eigenvalue weighted by Crippen LogP contribution is -2.31. The van der Waals surface area contributed by atoms with Crippen LogP contribution < -0.4 is 10.1 Å².